The number of ether oxygens (including phenoxy) is 2. The predicted octanol–water partition coefficient (Wildman–Crippen LogP) is 1.63. The van der Waals surface area contributed by atoms with E-state index in [1.165, 1.54) is 0 Å². The van der Waals surface area contributed by atoms with Crippen molar-refractivity contribution in [1.82, 2.24) is 10.6 Å². The van der Waals surface area contributed by atoms with Crippen LogP contribution in [0.3, 0.4) is 0 Å². The van der Waals surface area contributed by atoms with Crippen LogP contribution in [0.2, 0.25) is 0 Å². The minimum absolute atomic E-state index is 0.217. The van der Waals surface area contributed by atoms with E-state index in [0.717, 1.165) is 52.2 Å². The summed E-state index contributed by atoms with van der Waals surface area (Å²) < 4.78 is 16.5. The molecule has 1 aliphatic rings. The van der Waals surface area contributed by atoms with Crippen LogP contribution in [0.15, 0.2) is 27.8 Å². The lowest BCUT2D eigenvalue weighted by molar-refractivity contribution is -0.0320. The van der Waals surface area contributed by atoms with Crippen molar-refractivity contribution < 1.29 is 19.0 Å². The largest absolute Gasteiger partial charge is 0.466 e. The molecule has 0 bridgehead atoms. The van der Waals surface area contributed by atoms with Crippen LogP contribution in [0.5, 0.6) is 0 Å². The highest BCUT2D eigenvalue weighted by molar-refractivity contribution is 5.79. The zero-order valence-corrected chi connectivity index (χ0v) is 15.3. The van der Waals surface area contributed by atoms with Gasteiger partial charge in [-0.3, -0.25) is 0 Å². The number of rotatable bonds is 9. The number of hydrogen-bond acceptors (Lipinski definition) is 5. The van der Waals surface area contributed by atoms with E-state index >= 15 is 0 Å². The van der Waals surface area contributed by atoms with E-state index in [9.17, 15) is 5.11 Å². The summed E-state index contributed by atoms with van der Waals surface area (Å²) in [6.07, 6.45) is 4.75. The van der Waals surface area contributed by atoms with Crippen molar-refractivity contribution in [3.8, 4) is 0 Å². The van der Waals surface area contributed by atoms with Crippen LogP contribution in [0.25, 0.3) is 0 Å². The summed E-state index contributed by atoms with van der Waals surface area (Å²) in [7, 11) is 0. The Bertz CT molecular complexity index is 496. The van der Waals surface area contributed by atoms with Gasteiger partial charge in [0.1, 0.15) is 11.4 Å². The first kappa shape index (κ1) is 19.8. The molecule has 2 heterocycles. The lowest BCUT2D eigenvalue weighted by Crippen LogP contribution is -2.39. The molecule has 25 heavy (non-hydrogen) atoms. The minimum atomic E-state index is -1.13. The van der Waals surface area contributed by atoms with E-state index in [-0.39, 0.29) is 6.54 Å². The van der Waals surface area contributed by atoms with Crippen molar-refractivity contribution in [1.29, 1.82) is 0 Å². The molecule has 0 radical (unpaired) electrons. The van der Waals surface area contributed by atoms with Crippen molar-refractivity contribution in [2.45, 2.75) is 44.8 Å². The molecule has 1 aromatic rings. The second-order valence-electron chi connectivity index (χ2n) is 6.41. The van der Waals surface area contributed by atoms with E-state index in [0.29, 0.717) is 17.8 Å². The van der Waals surface area contributed by atoms with E-state index in [1.807, 2.05) is 6.92 Å². The van der Waals surface area contributed by atoms with Crippen LogP contribution in [0, 0.1) is 0 Å². The molecule has 1 saturated heterocycles. The Hall–Kier alpha value is -1.57. The van der Waals surface area contributed by atoms with Crippen LogP contribution < -0.4 is 10.6 Å². The third-order valence-corrected chi connectivity index (χ3v) is 4.08. The third-order valence-electron chi connectivity index (χ3n) is 4.08. The van der Waals surface area contributed by atoms with Gasteiger partial charge in [-0.1, -0.05) is 0 Å². The average molecular weight is 353 g/mol. The van der Waals surface area contributed by atoms with Gasteiger partial charge >= 0.3 is 0 Å². The number of aliphatic imine (C=N–C) groups is 1. The molecule has 0 aliphatic carbocycles. The molecule has 2 rings (SSSR count). The van der Waals surface area contributed by atoms with Gasteiger partial charge in [-0.05, 0) is 45.2 Å². The highest BCUT2D eigenvalue weighted by Crippen LogP contribution is 2.21. The monoisotopic (exact) mass is 353 g/mol. The maximum Gasteiger partial charge on any atom is 0.191 e. The first-order chi connectivity index (χ1) is 12.1. The normalized spacial score (nSPS) is 18.8. The van der Waals surface area contributed by atoms with Gasteiger partial charge in [-0.25, -0.2) is 4.99 Å². The topological polar surface area (TPSA) is 88.3 Å². The van der Waals surface area contributed by atoms with Crippen LogP contribution in [0.1, 0.15) is 38.9 Å². The van der Waals surface area contributed by atoms with Crippen LogP contribution in [-0.2, 0) is 15.1 Å². The average Bonchev–Trinajstić information content (AvgIpc) is 3.16. The molecule has 0 saturated carbocycles. The number of aliphatic hydroxyl groups is 1. The van der Waals surface area contributed by atoms with Crippen molar-refractivity contribution >= 4 is 5.96 Å². The first-order valence-corrected chi connectivity index (χ1v) is 9.09. The standard InChI is InChI=1S/C18H31N3O4/c1-3-19-17(21-14-18(2,22)16-6-4-10-25-16)20-9-5-11-24-15-7-12-23-13-8-15/h4,6,10,15,22H,3,5,7-9,11-14H2,1-2H3,(H2,19,20,21). The summed E-state index contributed by atoms with van der Waals surface area (Å²) in [4.78, 5) is 4.46. The summed E-state index contributed by atoms with van der Waals surface area (Å²) >= 11 is 0. The Kier molecular flexibility index (Phi) is 8.24. The lowest BCUT2D eigenvalue weighted by Gasteiger charge is -2.22. The van der Waals surface area contributed by atoms with Gasteiger partial charge in [-0.15, -0.1) is 0 Å². The lowest BCUT2D eigenvalue weighted by atomic mass is 10.0. The van der Waals surface area contributed by atoms with Crippen molar-refractivity contribution in [2.75, 3.05) is 39.5 Å². The highest BCUT2D eigenvalue weighted by Gasteiger charge is 2.26. The Labute approximate surface area is 149 Å². The molecule has 1 aromatic heterocycles. The molecular formula is C18H31N3O4. The molecule has 7 nitrogen and oxygen atoms in total. The van der Waals surface area contributed by atoms with Gasteiger partial charge in [0.05, 0.1) is 18.9 Å². The van der Waals surface area contributed by atoms with Gasteiger partial charge in [0.2, 0.25) is 0 Å². The molecule has 142 valence electrons. The molecule has 1 atom stereocenters. The summed E-state index contributed by atoms with van der Waals surface area (Å²) in [6.45, 7) is 7.77. The SMILES string of the molecule is CCNC(=NCC(C)(O)c1ccco1)NCCCOC1CCOCC1. The van der Waals surface area contributed by atoms with Gasteiger partial charge in [-0.2, -0.15) is 0 Å². The van der Waals surface area contributed by atoms with Crippen LogP contribution in [-0.4, -0.2) is 56.6 Å². The Balaban J connectivity index is 1.70. The number of hydrogen-bond donors (Lipinski definition) is 3. The molecule has 0 spiro atoms. The maximum absolute atomic E-state index is 10.5. The number of nitrogens with zero attached hydrogens (tertiary/aromatic N) is 1. The van der Waals surface area contributed by atoms with Gasteiger partial charge in [0.25, 0.3) is 0 Å². The molecule has 3 N–H and O–H groups in total. The van der Waals surface area contributed by atoms with Crippen molar-refractivity contribution in [3.05, 3.63) is 24.2 Å². The van der Waals surface area contributed by atoms with Crippen LogP contribution in [0.4, 0.5) is 0 Å². The summed E-state index contributed by atoms with van der Waals surface area (Å²) in [5, 5.41) is 16.9. The molecular weight excluding hydrogens is 322 g/mol. The third kappa shape index (κ3) is 7.05. The molecule has 1 fully saturated rings. The smallest absolute Gasteiger partial charge is 0.191 e. The van der Waals surface area contributed by atoms with E-state index in [2.05, 4.69) is 15.6 Å². The van der Waals surface area contributed by atoms with Gasteiger partial charge in [0.15, 0.2) is 5.96 Å². The Morgan fingerprint density at radius 3 is 2.88 bits per heavy atom. The predicted molar refractivity (Wildman–Crippen MR) is 96.7 cm³/mol. The minimum Gasteiger partial charge on any atom is -0.466 e. The second kappa shape index (κ2) is 10.4. The van der Waals surface area contributed by atoms with Crippen LogP contribution >= 0.6 is 0 Å². The number of nitrogens with one attached hydrogen (secondary N) is 2. The Morgan fingerprint density at radius 2 is 2.20 bits per heavy atom. The summed E-state index contributed by atoms with van der Waals surface area (Å²) in [5.41, 5.74) is -1.13. The van der Waals surface area contributed by atoms with Gasteiger partial charge < -0.3 is 29.6 Å². The summed E-state index contributed by atoms with van der Waals surface area (Å²) in [5.74, 6) is 1.19. The summed E-state index contributed by atoms with van der Waals surface area (Å²) in [6, 6.07) is 3.51. The second-order valence-corrected chi connectivity index (χ2v) is 6.41. The van der Waals surface area contributed by atoms with E-state index in [4.69, 9.17) is 13.9 Å². The molecule has 0 amide bonds. The van der Waals surface area contributed by atoms with E-state index in [1.54, 1.807) is 25.3 Å². The number of guanidine groups is 1. The Morgan fingerprint density at radius 1 is 1.40 bits per heavy atom. The zero-order valence-electron chi connectivity index (χ0n) is 15.3. The quantitative estimate of drug-likeness (QED) is 0.355. The fourth-order valence-corrected chi connectivity index (χ4v) is 2.61. The van der Waals surface area contributed by atoms with Crippen molar-refractivity contribution in [3.63, 3.8) is 0 Å². The van der Waals surface area contributed by atoms with E-state index < -0.39 is 5.60 Å². The van der Waals surface area contributed by atoms with Gasteiger partial charge in [0, 0.05) is 32.9 Å². The fraction of sp³-hybridized carbons (Fsp3) is 0.722. The first-order valence-electron chi connectivity index (χ1n) is 9.09. The zero-order chi connectivity index (χ0) is 18.0. The molecule has 7 heteroatoms. The highest BCUT2D eigenvalue weighted by atomic mass is 16.5. The van der Waals surface area contributed by atoms with Crippen molar-refractivity contribution in [2.24, 2.45) is 4.99 Å². The maximum atomic E-state index is 10.5. The fourth-order valence-electron chi connectivity index (χ4n) is 2.61. The number of furan rings is 1. The molecule has 0 aromatic carbocycles. The molecule has 1 unspecified atom stereocenters. The molecule has 1 aliphatic heterocycles.